The molecular weight excluding hydrogens is 316 g/mol. The van der Waals surface area contributed by atoms with E-state index in [-0.39, 0.29) is 11.6 Å². The number of methoxy groups -OCH3 is 1. The number of nitrogens with one attached hydrogen (secondary N) is 1. The molecule has 19 heavy (non-hydrogen) atoms. The molecule has 2 nitrogen and oxygen atoms in total. The van der Waals surface area contributed by atoms with E-state index in [1.54, 1.807) is 24.3 Å². The fourth-order valence-electron chi connectivity index (χ4n) is 1.62. The third kappa shape index (κ3) is 3.44. The monoisotopic (exact) mass is 327 g/mol. The minimum atomic E-state index is -0.414. The molecule has 0 amide bonds. The first kappa shape index (κ1) is 13.8. The molecule has 0 saturated heterocycles. The van der Waals surface area contributed by atoms with Crippen molar-refractivity contribution in [1.82, 2.24) is 0 Å². The minimum Gasteiger partial charge on any atom is -0.494 e. The van der Waals surface area contributed by atoms with Crippen molar-refractivity contribution in [2.75, 3.05) is 12.4 Å². The molecule has 1 N–H and O–H groups in total. The number of hydrogen-bond acceptors (Lipinski definition) is 2. The van der Waals surface area contributed by atoms with Gasteiger partial charge in [0.25, 0.3) is 0 Å². The molecule has 100 valence electrons. The molecule has 0 bridgehead atoms. The van der Waals surface area contributed by atoms with Gasteiger partial charge < -0.3 is 10.1 Å². The summed E-state index contributed by atoms with van der Waals surface area (Å²) in [6.07, 6.45) is 0. The molecule has 0 spiro atoms. The summed E-state index contributed by atoms with van der Waals surface area (Å²) in [4.78, 5) is 0. The van der Waals surface area contributed by atoms with Crippen LogP contribution in [0.15, 0.2) is 40.9 Å². The van der Waals surface area contributed by atoms with Crippen LogP contribution in [-0.2, 0) is 6.54 Å². The fraction of sp³-hybridized carbons (Fsp3) is 0.143. The predicted molar refractivity (Wildman–Crippen MR) is 74.4 cm³/mol. The average Bonchev–Trinajstić information content (AvgIpc) is 2.41. The third-order valence-electron chi connectivity index (χ3n) is 2.63. The lowest BCUT2D eigenvalue weighted by Crippen LogP contribution is -2.00. The predicted octanol–water partition coefficient (Wildman–Crippen LogP) is 4.35. The zero-order valence-corrected chi connectivity index (χ0v) is 11.8. The smallest absolute Gasteiger partial charge is 0.165 e. The van der Waals surface area contributed by atoms with Gasteiger partial charge >= 0.3 is 0 Å². The number of hydrogen-bond donors (Lipinski definition) is 1. The summed E-state index contributed by atoms with van der Waals surface area (Å²) in [5.41, 5.74) is 1.51. The average molecular weight is 328 g/mol. The molecule has 0 heterocycles. The number of halogens is 3. The molecule has 2 rings (SSSR count). The van der Waals surface area contributed by atoms with Crippen molar-refractivity contribution < 1.29 is 13.5 Å². The van der Waals surface area contributed by atoms with Crippen molar-refractivity contribution >= 4 is 21.6 Å². The Kier molecular flexibility index (Phi) is 4.37. The lowest BCUT2D eigenvalue weighted by atomic mass is 10.2. The van der Waals surface area contributed by atoms with Crippen molar-refractivity contribution in [2.24, 2.45) is 0 Å². The van der Waals surface area contributed by atoms with E-state index in [0.717, 1.165) is 5.56 Å². The van der Waals surface area contributed by atoms with Crippen LogP contribution in [0.5, 0.6) is 5.75 Å². The van der Waals surface area contributed by atoms with Gasteiger partial charge in [-0.2, -0.15) is 0 Å². The lowest BCUT2D eigenvalue weighted by Gasteiger charge is -2.09. The number of benzene rings is 2. The van der Waals surface area contributed by atoms with E-state index in [1.165, 1.54) is 19.2 Å². The van der Waals surface area contributed by atoms with Crippen LogP contribution in [0.2, 0.25) is 0 Å². The SMILES string of the molecule is COc1cc(NCc2ccc(Br)c(F)c2)ccc1F. The second-order valence-corrected chi connectivity index (χ2v) is 4.81. The van der Waals surface area contributed by atoms with Crippen LogP contribution in [0.1, 0.15) is 5.56 Å². The van der Waals surface area contributed by atoms with Gasteiger partial charge in [0.1, 0.15) is 5.82 Å². The number of anilines is 1. The van der Waals surface area contributed by atoms with E-state index >= 15 is 0 Å². The summed E-state index contributed by atoms with van der Waals surface area (Å²) in [6, 6.07) is 9.39. The standard InChI is InChI=1S/C14H12BrF2NO/c1-19-14-7-10(3-5-12(14)16)18-8-9-2-4-11(15)13(17)6-9/h2-7,18H,8H2,1H3. The molecule has 0 fully saturated rings. The molecule has 0 radical (unpaired) electrons. The Morgan fingerprint density at radius 1 is 1.11 bits per heavy atom. The summed E-state index contributed by atoms with van der Waals surface area (Å²) in [5, 5.41) is 3.08. The topological polar surface area (TPSA) is 21.3 Å². The zero-order chi connectivity index (χ0) is 13.8. The Hall–Kier alpha value is -1.62. The van der Waals surface area contributed by atoms with Crippen LogP contribution < -0.4 is 10.1 Å². The van der Waals surface area contributed by atoms with Gasteiger partial charge in [0, 0.05) is 18.3 Å². The van der Waals surface area contributed by atoms with Crippen molar-refractivity contribution in [2.45, 2.75) is 6.54 Å². The highest BCUT2D eigenvalue weighted by Crippen LogP contribution is 2.22. The molecule has 0 aliphatic carbocycles. The van der Waals surface area contributed by atoms with Gasteiger partial charge in [-0.3, -0.25) is 0 Å². The highest BCUT2D eigenvalue weighted by Gasteiger charge is 2.04. The Morgan fingerprint density at radius 3 is 2.58 bits per heavy atom. The molecule has 0 aromatic heterocycles. The summed E-state index contributed by atoms with van der Waals surface area (Å²) >= 11 is 3.10. The Morgan fingerprint density at radius 2 is 1.89 bits per heavy atom. The Labute approximate surface area is 118 Å². The molecular formula is C14H12BrF2NO. The molecule has 0 saturated carbocycles. The van der Waals surface area contributed by atoms with Gasteiger partial charge in [0.05, 0.1) is 11.6 Å². The molecule has 2 aromatic carbocycles. The van der Waals surface area contributed by atoms with Crippen LogP contribution in [0.4, 0.5) is 14.5 Å². The van der Waals surface area contributed by atoms with Gasteiger partial charge in [-0.1, -0.05) is 6.07 Å². The van der Waals surface area contributed by atoms with Crippen molar-refractivity contribution in [3.05, 3.63) is 58.1 Å². The zero-order valence-electron chi connectivity index (χ0n) is 10.2. The summed E-state index contributed by atoms with van der Waals surface area (Å²) in [6.45, 7) is 0.443. The fourth-order valence-corrected chi connectivity index (χ4v) is 1.87. The first-order valence-electron chi connectivity index (χ1n) is 5.61. The van der Waals surface area contributed by atoms with Gasteiger partial charge in [-0.05, 0) is 45.8 Å². The highest BCUT2D eigenvalue weighted by atomic mass is 79.9. The van der Waals surface area contributed by atoms with Crippen molar-refractivity contribution in [3.8, 4) is 5.75 Å². The first-order chi connectivity index (χ1) is 9.10. The molecule has 0 aliphatic heterocycles. The van der Waals surface area contributed by atoms with Gasteiger partial charge in [0.15, 0.2) is 11.6 Å². The van der Waals surface area contributed by atoms with E-state index in [4.69, 9.17) is 4.74 Å². The quantitative estimate of drug-likeness (QED) is 0.901. The summed E-state index contributed by atoms with van der Waals surface area (Å²) in [7, 11) is 1.41. The van der Waals surface area contributed by atoms with Gasteiger partial charge in [-0.15, -0.1) is 0 Å². The minimum absolute atomic E-state index is 0.173. The van der Waals surface area contributed by atoms with E-state index in [2.05, 4.69) is 21.2 Å². The molecule has 5 heteroatoms. The second-order valence-electron chi connectivity index (χ2n) is 3.95. The molecule has 2 aromatic rings. The largest absolute Gasteiger partial charge is 0.494 e. The summed E-state index contributed by atoms with van der Waals surface area (Å²) in [5.74, 6) is -0.550. The van der Waals surface area contributed by atoms with E-state index in [1.807, 2.05) is 0 Å². The maximum atomic E-state index is 13.3. The summed E-state index contributed by atoms with van der Waals surface area (Å²) < 4.78 is 31.9. The van der Waals surface area contributed by atoms with Crippen LogP contribution in [0.3, 0.4) is 0 Å². The first-order valence-corrected chi connectivity index (χ1v) is 6.41. The Balaban J connectivity index is 2.07. The maximum absolute atomic E-state index is 13.3. The number of ether oxygens (including phenoxy) is 1. The van der Waals surface area contributed by atoms with Gasteiger partial charge in [0.2, 0.25) is 0 Å². The third-order valence-corrected chi connectivity index (χ3v) is 3.27. The molecule has 0 atom stereocenters. The second kappa shape index (κ2) is 6.02. The van der Waals surface area contributed by atoms with Crippen LogP contribution in [-0.4, -0.2) is 7.11 Å². The van der Waals surface area contributed by atoms with E-state index in [9.17, 15) is 8.78 Å². The van der Waals surface area contributed by atoms with E-state index in [0.29, 0.717) is 16.7 Å². The van der Waals surface area contributed by atoms with Gasteiger partial charge in [-0.25, -0.2) is 8.78 Å². The van der Waals surface area contributed by atoms with Crippen LogP contribution >= 0.6 is 15.9 Å². The van der Waals surface area contributed by atoms with E-state index < -0.39 is 5.82 Å². The lowest BCUT2D eigenvalue weighted by molar-refractivity contribution is 0.387. The van der Waals surface area contributed by atoms with Crippen molar-refractivity contribution in [3.63, 3.8) is 0 Å². The normalized spacial score (nSPS) is 10.3. The maximum Gasteiger partial charge on any atom is 0.165 e. The highest BCUT2D eigenvalue weighted by molar-refractivity contribution is 9.10. The van der Waals surface area contributed by atoms with Crippen LogP contribution in [0.25, 0.3) is 0 Å². The Bertz CT molecular complexity index is 590. The van der Waals surface area contributed by atoms with Crippen molar-refractivity contribution in [1.29, 1.82) is 0 Å². The number of rotatable bonds is 4. The molecule has 0 unspecified atom stereocenters. The molecule has 0 aliphatic rings. The van der Waals surface area contributed by atoms with Crippen LogP contribution in [0, 0.1) is 11.6 Å².